The van der Waals surface area contributed by atoms with Crippen molar-refractivity contribution in [3.05, 3.63) is 57.6 Å². The van der Waals surface area contributed by atoms with Crippen LogP contribution in [-0.4, -0.2) is 15.7 Å². The van der Waals surface area contributed by atoms with Crippen LogP contribution in [0.25, 0.3) is 10.6 Å². The number of hydrogen-bond donors (Lipinski definition) is 2. The molecular formula is C17H18N4O3S. The number of rotatable bonds is 5. The molecule has 3 rings (SSSR count). The number of nitrogens with two attached hydrogens (primary N) is 1. The lowest BCUT2D eigenvalue weighted by atomic mass is 10.2. The van der Waals surface area contributed by atoms with Crippen LogP contribution >= 0.6 is 11.3 Å². The van der Waals surface area contributed by atoms with Crippen LogP contribution in [-0.2, 0) is 11.3 Å². The van der Waals surface area contributed by atoms with Gasteiger partial charge in [0.15, 0.2) is 0 Å². The van der Waals surface area contributed by atoms with Gasteiger partial charge >= 0.3 is 0 Å². The van der Waals surface area contributed by atoms with Gasteiger partial charge in [-0.25, -0.2) is 4.68 Å². The van der Waals surface area contributed by atoms with Gasteiger partial charge in [-0.3, -0.25) is 9.59 Å². The monoisotopic (exact) mass is 358 g/mol. The van der Waals surface area contributed by atoms with Crippen LogP contribution in [0.1, 0.15) is 23.6 Å². The summed E-state index contributed by atoms with van der Waals surface area (Å²) in [6, 6.07) is 8.12. The summed E-state index contributed by atoms with van der Waals surface area (Å²) in [5.41, 5.74) is 5.98. The molecular weight excluding hydrogens is 340 g/mol. The van der Waals surface area contributed by atoms with Crippen LogP contribution < -0.4 is 16.6 Å². The molecule has 130 valence electrons. The first kappa shape index (κ1) is 17.0. The molecule has 3 heterocycles. The number of furan rings is 1. The van der Waals surface area contributed by atoms with Gasteiger partial charge in [0, 0.05) is 4.88 Å². The normalized spacial score (nSPS) is 12.1. The summed E-state index contributed by atoms with van der Waals surface area (Å²) < 4.78 is 6.30. The maximum Gasteiger partial charge on any atom is 0.290 e. The van der Waals surface area contributed by atoms with Gasteiger partial charge in [0.25, 0.3) is 5.56 Å². The second-order valence-electron chi connectivity index (χ2n) is 5.62. The van der Waals surface area contributed by atoms with Crippen LogP contribution in [0.15, 0.2) is 45.8 Å². The first-order valence-electron chi connectivity index (χ1n) is 7.72. The summed E-state index contributed by atoms with van der Waals surface area (Å²) in [5.74, 6) is 0.285. The SMILES string of the molecule is Cc1ccc(-c2cc(N)c(=O)n(C(C)C(=O)NCc3ccco3)n2)s1. The third-order valence-electron chi connectivity index (χ3n) is 3.72. The minimum Gasteiger partial charge on any atom is -0.467 e. The van der Waals surface area contributed by atoms with Gasteiger partial charge in [-0.05, 0) is 44.2 Å². The Hall–Kier alpha value is -2.87. The van der Waals surface area contributed by atoms with E-state index < -0.39 is 11.6 Å². The Morgan fingerprint density at radius 2 is 2.24 bits per heavy atom. The van der Waals surface area contributed by atoms with Gasteiger partial charge in [0.05, 0.1) is 17.7 Å². The van der Waals surface area contributed by atoms with Gasteiger partial charge in [0.2, 0.25) is 5.91 Å². The van der Waals surface area contributed by atoms with Crippen LogP contribution in [0.5, 0.6) is 0 Å². The van der Waals surface area contributed by atoms with Crippen molar-refractivity contribution in [1.29, 1.82) is 0 Å². The average molecular weight is 358 g/mol. The van der Waals surface area contributed by atoms with E-state index in [1.165, 1.54) is 12.3 Å². The summed E-state index contributed by atoms with van der Waals surface area (Å²) in [4.78, 5) is 26.7. The highest BCUT2D eigenvalue weighted by Gasteiger charge is 2.20. The molecule has 7 nitrogen and oxygen atoms in total. The highest BCUT2D eigenvalue weighted by Crippen LogP contribution is 2.26. The van der Waals surface area contributed by atoms with Crippen LogP contribution in [0, 0.1) is 6.92 Å². The Kier molecular flexibility index (Phi) is 4.71. The third-order valence-corrected chi connectivity index (χ3v) is 4.74. The van der Waals surface area contributed by atoms with Crippen molar-refractivity contribution in [3.8, 4) is 10.6 Å². The molecule has 0 aromatic carbocycles. The molecule has 0 aliphatic heterocycles. The fraction of sp³-hybridized carbons (Fsp3) is 0.235. The van der Waals surface area contributed by atoms with E-state index in [1.54, 1.807) is 30.4 Å². The van der Waals surface area contributed by atoms with Crippen LogP contribution in [0.4, 0.5) is 5.69 Å². The van der Waals surface area contributed by atoms with Crippen molar-refractivity contribution in [2.24, 2.45) is 0 Å². The predicted molar refractivity (Wildman–Crippen MR) is 96.2 cm³/mol. The zero-order chi connectivity index (χ0) is 18.0. The number of nitrogens with one attached hydrogen (secondary N) is 1. The summed E-state index contributed by atoms with van der Waals surface area (Å²) in [6.07, 6.45) is 1.53. The quantitative estimate of drug-likeness (QED) is 0.728. The first-order chi connectivity index (χ1) is 12.0. The number of nitrogen functional groups attached to an aromatic ring is 1. The Morgan fingerprint density at radius 3 is 2.88 bits per heavy atom. The Balaban J connectivity index is 1.86. The average Bonchev–Trinajstić information content (AvgIpc) is 3.26. The number of hydrogen-bond acceptors (Lipinski definition) is 6. The van der Waals surface area contributed by atoms with Crippen molar-refractivity contribution in [1.82, 2.24) is 15.1 Å². The number of thiophene rings is 1. The Labute approximate surface area is 148 Å². The van der Waals surface area contributed by atoms with Gasteiger partial charge in [-0.1, -0.05) is 0 Å². The predicted octanol–water partition coefficient (Wildman–Crippen LogP) is 2.33. The molecule has 0 saturated heterocycles. The number of nitrogens with zero attached hydrogens (tertiary/aromatic N) is 2. The molecule has 1 unspecified atom stereocenters. The maximum atomic E-state index is 12.4. The van der Waals surface area contributed by atoms with Crippen molar-refractivity contribution >= 4 is 22.9 Å². The standard InChI is InChI=1S/C17H18N4O3S/c1-10-5-6-15(25-10)14-8-13(18)17(23)21(20-14)11(2)16(22)19-9-12-4-3-7-24-12/h3-8,11H,9,18H2,1-2H3,(H,19,22). The van der Waals surface area contributed by atoms with Gasteiger partial charge in [-0.2, -0.15) is 5.10 Å². The lowest BCUT2D eigenvalue weighted by Gasteiger charge is -2.15. The summed E-state index contributed by atoms with van der Waals surface area (Å²) in [7, 11) is 0. The zero-order valence-electron chi connectivity index (χ0n) is 13.9. The van der Waals surface area contributed by atoms with Crippen LogP contribution in [0.3, 0.4) is 0 Å². The van der Waals surface area contributed by atoms with E-state index in [2.05, 4.69) is 10.4 Å². The number of carbonyl (C=O) groups excluding carboxylic acids is 1. The molecule has 25 heavy (non-hydrogen) atoms. The molecule has 1 atom stereocenters. The number of carbonyl (C=O) groups is 1. The fourth-order valence-electron chi connectivity index (χ4n) is 2.33. The van der Waals surface area contributed by atoms with E-state index >= 15 is 0 Å². The third kappa shape index (κ3) is 3.63. The number of aromatic nitrogens is 2. The first-order valence-corrected chi connectivity index (χ1v) is 8.53. The molecule has 0 bridgehead atoms. The minimum absolute atomic E-state index is 0.0572. The molecule has 3 aromatic heterocycles. The molecule has 0 radical (unpaired) electrons. The summed E-state index contributed by atoms with van der Waals surface area (Å²) in [5, 5.41) is 7.06. The van der Waals surface area contributed by atoms with Gasteiger partial charge in [0.1, 0.15) is 23.2 Å². The molecule has 3 N–H and O–H groups in total. The number of amides is 1. The second kappa shape index (κ2) is 6.94. The maximum absolute atomic E-state index is 12.4. The van der Waals surface area contributed by atoms with E-state index in [1.807, 2.05) is 19.1 Å². The van der Waals surface area contributed by atoms with Crippen molar-refractivity contribution in [2.75, 3.05) is 5.73 Å². The van der Waals surface area contributed by atoms with E-state index in [9.17, 15) is 9.59 Å². The summed E-state index contributed by atoms with van der Waals surface area (Å²) >= 11 is 1.55. The zero-order valence-corrected chi connectivity index (χ0v) is 14.7. The van der Waals surface area contributed by atoms with Crippen molar-refractivity contribution in [2.45, 2.75) is 26.4 Å². The van der Waals surface area contributed by atoms with Crippen LogP contribution in [0.2, 0.25) is 0 Å². The van der Waals surface area contributed by atoms with Crippen molar-refractivity contribution < 1.29 is 9.21 Å². The number of aryl methyl sites for hydroxylation is 1. The molecule has 0 aliphatic rings. The number of anilines is 1. The van der Waals surface area contributed by atoms with Gasteiger partial charge in [-0.15, -0.1) is 11.3 Å². The smallest absolute Gasteiger partial charge is 0.290 e. The van der Waals surface area contributed by atoms with E-state index in [4.69, 9.17) is 10.2 Å². The molecule has 3 aromatic rings. The van der Waals surface area contributed by atoms with E-state index in [0.29, 0.717) is 11.5 Å². The minimum atomic E-state index is -0.800. The molecule has 0 aliphatic carbocycles. The molecule has 0 fully saturated rings. The van der Waals surface area contributed by atoms with E-state index in [0.717, 1.165) is 14.4 Å². The molecule has 0 spiro atoms. The molecule has 1 amide bonds. The lowest BCUT2D eigenvalue weighted by Crippen LogP contribution is -2.37. The Morgan fingerprint density at radius 1 is 1.44 bits per heavy atom. The Bertz CT molecular complexity index is 943. The topological polar surface area (TPSA) is 103 Å². The fourth-order valence-corrected chi connectivity index (χ4v) is 3.16. The van der Waals surface area contributed by atoms with Gasteiger partial charge < -0.3 is 15.5 Å². The second-order valence-corrected chi connectivity index (χ2v) is 6.91. The summed E-state index contributed by atoms with van der Waals surface area (Å²) in [6.45, 7) is 3.83. The van der Waals surface area contributed by atoms with Crippen molar-refractivity contribution in [3.63, 3.8) is 0 Å². The highest BCUT2D eigenvalue weighted by atomic mass is 32.1. The lowest BCUT2D eigenvalue weighted by molar-refractivity contribution is -0.124. The molecule has 8 heteroatoms. The van der Waals surface area contributed by atoms with E-state index in [-0.39, 0.29) is 18.1 Å². The largest absolute Gasteiger partial charge is 0.467 e. The highest BCUT2D eigenvalue weighted by molar-refractivity contribution is 7.15. The molecule has 0 saturated carbocycles.